The summed E-state index contributed by atoms with van der Waals surface area (Å²) in [6, 6.07) is 10.4. The number of amides is 1. The Bertz CT molecular complexity index is 1460. The van der Waals surface area contributed by atoms with Gasteiger partial charge in [0.25, 0.3) is 5.91 Å². The van der Waals surface area contributed by atoms with E-state index in [-0.39, 0.29) is 11.6 Å². The van der Waals surface area contributed by atoms with Gasteiger partial charge in [-0.25, -0.2) is 4.68 Å². The Morgan fingerprint density at radius 3 is 2.55 bits per heavy atom. The van der Waals surface area contributed by atoms with Crippen LogP contribution >= 0.6 is 0 Å². The maximum atomic E-state index is 12.8. The SMILES string of the molecule is Cn1cc(C(=O)Nc2c[nH]c3ccc(-c4cnn(-c5ccc(C(F)(F)F)cc5)c4)cc23)nn1. The third-order valence-corrected chi connectivity index (χ3v) is 5.14. The zero-order valence-corrected chi connectivity index (χ0v) is 17.1. The molecular weight excluding hydrogens is 435 g/mol. The smallest absolute Gasteiger partial charge is 0.359 e. The normalized spacial score (nSPS) is 11.8. The minimum absolute atomic E-state index is 0.195. The van der Waals surface area contributed by atoms with Gasteiger partial charge >= 0.3 is 6.18 Å². The van der Waals surface area contributed by atoms with Gasteiger partial charge in [0, 0.05) is 35.9 Å². The lowest BCUT2D eigenvalue weighted by Gasteiger charge is -2.07. The van der Waals surface area contributed by atoms with Crippen molar-refractivity contribution in [3.63, 3.8) is 0 Å². The number of nitrogens with one attached hydrogen (secondary N) is 2. The number of carbonyl (C=O) groups excluding carboxylic acids is 1. The highest BCUT2D eigenvalue weighted by molar-refractivity contribution is 6.08. The van der Waals surface area contributed by atoms with Crippen molar-refractivity contribution in [2.45, 2.75) is 6.18 Å². The second-order valence-electron chi connectivity index (χ2n) is 7.41. The first-order valence-corrected chi connectivity index (χ1v) is 9.79. The molecule has 8 nitrogen and oxygen atoms in total. The molecule has 2 aromatic carbocycles. The van der Waals surface area contributed by atoms with E-state index in [9.17, 15) is 18.0 Å². The Labute approximate surface area is 184 Å². The average molecular weight is 451 g/mol. The molecule has 0 saturated heterocycles. The van der Waals surface area contributed by atoms with E-state index in [1.54, 1.807) is 25.6 Å². The molecule has 3 heterocycles. The van der Waals surface area contributed by atoms with Gasteiger partial charge in [0.1, 0.15) is 0 Å². The molecule has 0 aliphatic heterocycles. The number of aromatic nitrogens is 6. The number of anilines is 1. The molecule has 0 aliphatic rings. The van der Waals surface area contributed by atoms with Crippen molar-refractivity contribution in [1.29, 1.82) is 0 Å². The molecular formula is C22H16F3N7O. The van der Waals surface area contributed by atoms with Crippen molar-refractivity contribution >= 4 is 22.5 Å². The van der Waals surface area contributed by atoms with Gasteiger partial charge in [0.15, 0.2) is 5.69 Å². The Hall–Kier alpha value is -4.41. The summed E-state index contributed by atoms with van der Waals surface area (Å²) in [5.74, 6) is -0.385. The van der Waals surface area contributed by atoms with E-state index in [2.05, 4.69) is 25.7 Å². The van der Waals surface area contributed by atoms with Crippen LogP contribution in [0.5, 0.6) is 0 Å². The molecule has 0 fully saturated rings. The number of fused-ring (bicyclic) bond motifs is 1. The fourth-order valence-electron chi connectivity index (χ4n) is 3.46. The van der Waals surface area contributed by atoms with Gasteiger partial charge in [-0.1, -0.05) is 11.3 Å². The Morgan fingerprint density at radius 1 is 1.06 bits per heavy atom. The molecule has 3 aromatic heterocycles. The summed E-state index contributed by atoms with van der Waals surface area (Å²) in [6.07, 6.45) is 2.18. The average Bonchev–Trinajstić information content (AvgIpc) is 3.53. The van der Waals surface area contributed by atoms with Gasteiger partial charge in [-0.05, 0) is 42.0 Å². The summed E-state index contributed by atoms with van der Waals surface area (Å²) < 4.78 is 41.3. The number of hydrogen-bond acceptors (Lipinski definition) is 4. The van der Waals surface area contributed by atoms with Crippen LogP contribution < -0.4 is 5.32 Å². The number of H-pyrrole nitrogens is 1. The second-order valence-corrected chi connectivity index (χ2v) is 7.41. The number of rotatable bonds is 4. The fraction of sp³-hybridized carbons (Fsp3) is 0.0909. The fourth-order valence-corrected chi connectivity index (χ4v) is 3.46. The number of alkyl halides is 3. The minimum atomic E-state index is -4.39. The van der Waals surface area contributed by atoms with Crippen LogP contribution in [0.3, 0.4) is 0 Å². The summed E-state index contributed by atoms with van der Waals surface area (Å²) in [5, 5.41) is 15.5. The number of halogens is 3. The number of hydrogen-bond donors (Lipinski definition) is 2. The molecule has 33 heavy (non-hydrogen) atoms. The molecule has 2 N–H and O–H groups in total. The van der Waals surface area contributed by atoms with Gasteiger partial charge in [-0.3, -0.25) is 9.48 Å². The van der Waals surface area contributed by atoms with Crippen molar-refractivity contribution in [3.05, 3.63) is 78.5 Å². The van der Waals surface area contributed by atoms with Crippen LogP contribution in [0.25, 0.3) is 27.7 Å². The second kappa shape index (κ2) is 7.62. The summed E-state index contributed by atoms with van der Waals surface area (Å²) in [6.45, 7) is 0. The van der Waals surface area contributed by atoms with Crippen LogP contribution in [-0.4, -0.2) is 35.7 Å². The predicted molar refractivity (Wildman–Crippen MR) is 115 cm³/mol. The molecule has 0 aliphatic carbocycles. The Kier molecular flexibility index (Phi) is 4.73. The topological polar surface area (TPSA) is 93.4 Å². The highest BCUT2D eigenvalue weighted by Gasteiger charge is 2.30. The first kappa shape index (κ1) is 20.5. The summed E-state index contributed by atoms with van der Waals surface area (Å²) >= 11 is 0. The number of nitrogens with zero attached hydrogens (tertiary/aromatic N) is 5. The minimum Gasteiger partial charge on any atom is -0.359 e. The van der Waals surface area contributed by atoms with Gasteiger partial charge in [0.05, 0.1) is 29.3 Å². The van der Waals surface area contributed by atoms with Crippen LogP contribution in [0.2, 0.25) is 0 Å². The van der Waals surface area contributed by atoms with E-state index in [1.165, 1.54) is 27.7 Å². The molecule has 1 amide bonds. The quantitative estimate of drug-likeness (QED) is 0.423. The van der Waals surface area contributed by atoms with Gasteiger partial charge in [-0.15, -0.1) is 5.10 Å². The molecule has 0 saturated carbocycles. The molecule has 0 radical (unpaired) electrons. The van der Waals surface area contributed by atoms with Crippen molar-refractivity contribution in [1.82, 2.24) is 29.8 Å². The van der Waals surface area contributed by atoms with E-state index in [4.69, 9.17) is 0 Å². The molecule has 5 rings (SSSR count). The van der Waals surface area contributed by atoms with Gasteiger partial charge in [0.2, 0.25) is 0 Å². The van der Waals surface area contributed by atoms with E-state index in [0.29, 0.717) is 11.4 Å². The van der Waals surface area contributed by atoms with Crippen LogP contribution in [0.4, 0.5) is 18.9 Å². The van der Waals surface area contributed by atoms with Crippen molar-refractivity contribution < 1.29 is 18.0 Å². The highest BCUT2D eigenvalue weighted by atomic mass is 19.4. The third kappa shape index (κ3) is 3.95. The molecule has 0 bridgehead atoms. The largest absolute Gasteiger partial charge is 0.416 e. The molecule has 0 spiro atoms. The van der Waals surface area contributed by atoms with Crippen molar-refractivity contribution in [2.75, 3.05) is 5.32 Å². The first-order valence-electron chi connectivity index (χ1n) is 9.79. The number of carbonyl (C=O) groups is 1. The molecule has 5 aromatic rings. The summed E-state index contributed by atoms with van der Waals surface area (Å²) in [7, 11) is 1.67. The molecule has 166 valence electrons. The van der Waals surface area contributed by atoms with Gasteiger partial charge in [-0.2, -0.15) is 18.3 Å². The lowest BCUT2D eigenvalue weighted by atomic mass is 10.1. The lowest BCUT2D eigenvalue weighted by Crippen LogP contribution is -2.12. The standard InChI is InChI=1S/C22H16F3N7O/c1-31-12-20(29-30-31)21(33)28-19-10-26-18-7-2-13(8-17(18)19)14-9-27-32(11-14)16-5-3-15(4-6-16)22(23,24)25/h2-12,26H,1H3,(H,28,33). The maximum Gasteiger partial charge on any atom is 0.416 e. The summed E-state index contributed by atoms with van der Waals surface area (Å²) in [5.41, 5.74) is 2.99. The van der Waals surface area contributed by atoms with Gasteiger partial charge < -0.3 is 10.3 Å². The highest BCUT2D eigenvalue weighted by Crippen LogP contribution is 2.31. The van der Waals surface area contributed by atoms with E-state index in [0.717, 1.165) is 34.2 Å². The first-order chi connectivity index (χ1) is 15.8. The van der Waals surface area contributed by atoms with Crippen molar-refractivity contribution in [3.8, 4) is 16.8 Å². The van der Waals surface area contributed by atoms with Crippen molar-refractivity contribution in [2.24, 2.45) is 7.05 Å². The molecule has 11 heteroatoms. The van der Waals surface area contributed by atoms with E-state index < -0.39 is 11.7 Å². The van der Waals surface area contributed by atoms with Crippen LogP contribution in [0, 0.1) is 0 Å². The Balaban J connectivity index is 1.42. The zero-order valence-electron chi connectivity index (χ0n) is 17.1. The number of aryl methyl sites for hydroxylation is 1. The zero-order chi connectivity index (χ0) is 23.2. The molecule has 0 unspecified atom stereocenters. The molecule has 0 atom stereocenters. The Morgan fingerprint density at radius 2 is 1.85 bits per heavy atom. The van der Waals surface area contributed by atoms with E-state index in [1.807, 2.05) is 18.2 Å². The summed E-state index contributed by atoms with van der Waals surface area (Å²) in [4.78, 5) is 15.6. The third-order valence-electron chi connectivity index (χ3n) is 5.14. The number of benzene rings is 2. The maximum absolute atomic E-state index is 12.8. The van der Waals surface area contributed by atoms with Crippen LogP contribution in [-0.2, 0) is 13.2 Å². The lowest BCUT2D eigenvalue weighted by molar-refractivity contribution is -0.137. The van der Waals surface area contributed by atoms with Crippen LogP contribution in [0.1, 0.15) is 16.1 Å². The van der Waals surface area contributed by atoms with E-state index >= 15 is 0 Å². The number of aromatic amines is 1. The predicted octanol–water partition coefficient (Wildman–Crippen LogP) is 4.42. The monoisotopic (exact) mass is 451 g/mol. The van der Waals surface area contributed by atoms with Crippen LogP contribution in [0.15, 0.2) is 67.3 Å².